The number of halogens is 4. The SMILES string of the molecule is NS(=O)(=O)Cc1cccc(Br)c1.O=C(Nc1c2c(cc3c1CCC3)CCC2)NS(=O)(=O)Cc1cccc(Br)c1.O=C=Nc1c2c(cc3c1CCC3)CCC2.O=S(=O)(Cl)Cc1cccc(Br)c1. The van der Waals surface area contributed by atoms with Crippen LogP contribution in [-0.2, 0) is 103 Å². The van der Waals surface area contributed by atoms with Gasteiger partial charge in [-0.25, -0.2) is 44.7 Å². The van der Waals surface area contributed by atoms with Crippen molar-refractivity contribution in [2.24, 2.45) is 10.1 Å². The maximum absolute atomic E-state index is 12.5. The summed E-state index contributed by atoms with van der Waals surface area (Å²) in [5, 5.41) is 7.73. The van der Waals surface area contributed by atoms with E-state index in [2.05, 4.69) is 75.0 Å². The van der Waals surface area contributed by atoms with Gasteiger partial charge in [0.25, 0.3) is 0 Å². The lowest BCUT2D eigenvalue weighted by Gasteiger charge is -2.16. The van der Waals surface area contributed by atoms with Crippen LogP contribution in [0, 0.1) is 0 Å². The van der Waals surface area contributed by atoms with E-state index in [1.165, 1.54) is 57.3 Å². The Morgan fingerprint density at radius 1 is 0.591 bits per heavy atom. The van der Waals surface area contributed by atoms with Crippen LogP contribution in [-0.4, -0.2) is 37.4 Å². The Morgan fingerprint density at radius 2 is 0.985 bits per heavy atom. The van der Waals surface area contributed by atoms with Crippen LogP contribution in [0.25, 0.3) is 0 Å². The minimum absolute atomic E-state index is 0.119. The van der Waals surface area contributed by atoms with Crippen molar-refractivity contribution in [2.45, 2.75) is 94.3 Å². The smallest absolute Gasteiger partial charge is 0.307 e. The predicted molar refractivity (Wildman–Crippen MR) is 271 cm³/mol. The van der Waals surface area contributed by atoms with Crippen molar-refractivity contribution < 1.29 is 34.8 Å². The van der Waals surface area contributed by atoms with E-state index >= 15 is 0 Å². The first-order valence-corrected chi connectivity index (χ1v) is 29.4. The molecule has 4 N–H and O–H groups in total. The number of rotatable bonds is 9. The van der Waals surface area contributed by atoms with Gasteiger partial charge in [0.05, 0.1) is 22.9 Å². The average Bonchev–Trinajstić information content (AvgIpc) is 4.05. The van der Waals surface area contributed by atoms with Crippen LogP contribution >= 0.6 is 58.5 Å². The normalized spacial score (nSPS) is 14.3. The molecule has 0 atom stereocenters. The molecule has 0 heterocycles. The zero-order valence-electron chi connectivity index (χ0n) is 35.7. The Kier molecular flexibility index (Phi) is 18.1. The summed E-state index contributed by atoms with van der Waals surface area (Å²) in [6.07, 6.45) is 14.7. The summed E-state index contributed by atoms with van der Waals surface area (Å²) >= 11 is 9.79. The molecule has 5 aromatic rings. The van der Waals surface area contributed by atoms with Gasteiger partial charge in [-0.15, -0.1) is 0 Å². The van der Waals surface area contributed by atoms with Gasteiger partial charge >= 0.3 is 6.03 Å². The van der Waals surface area contributed by atoms with Crippen LogP contribution in [0.2, 0.25) is 0 Å². The molecule has 0 radical (unpaired) electrons. The summed E-state index contributed by atoms with van der Waals surface area (Å²) in [7, 11) is -5.56. The van der Waals surface area contributed by atoms with Gasteiger partial charge in [0, 0.05) is 29.8 Å². The van der Waals surface area contributed by atoms with Crippen LogP contribution in [0.5, 0.6) is 0 Å². The lowest BCUT2D eigenvalue weighted by molar-refractivity contribution is 0.256. The molecule has 0 unspecified atom stereocenters. The molecule has 0 saturated carbocycles. The van der Waals surface area contributed by atoms with Crippen molar-refractivity contribution in [2.75, 3.05) is 5.32 Å². The summed E-state index contributed by atoms with van der Waals surface area (Å²) in [4.78, 5) is 26.9. The molecule has 0 fully saturated rings. The van der Waals surface area contributed by atoms with Crippen LogP contribution in [0.1, 0.15) is 86.9 Å². The Morgan fingerprint density at radius 3 is 1.38 bits per heavy atom. The van der Waals surface area contributed by atoms with Gasteiger partial charge in [-0.2, -0.15) is 4.99 Å². The third-order valence-corrected chi connectivity index (χ3v) is 15.7. The molecule has 9 rings (SSSR count). The fraction of sp³-hybridized carbons (Fsp3) is 0.319. The van der Waals surface area contributed by atoms with Crippen molar-refractivity contribution in [1.82, 2.24) is 4.72 Å². The van der Waals surface area contributed by atoms with Gasteiger partial charge < -0.3 is 5.32 Å². The number of urea groups is 1. The molecule has 12 nitrogen and oxygen atoms in total. The molecule has 5 aromatic carbocycles. The predicted octanol–water partition coefficient (Wildman–Crippen LogP) is 10.5. The first-order valence-electron chi connectivity index (χ1n) is 21.1. The van der Waals surface area contributed by atoms with Crippen molar-refractivity contribution >= 4 is 111 Å². The van der Waals surface area contributed by atoms with Crippen LogP contribution in [0.4, 0.5) is 16.2 Å². The first kappa shape index (κ1) is 51.7. The van der Waals surface area contributed by atoms with Crippen molar-refractivity contribution in [3.8, 4) is 0 Å². The number of anilines is 1. The van der Waals surface area contributed by atoms with Gasteiger partial charge in [-0.05, 0) is 175 Å². The van der Waals surface area contributed by atoms with Gasteiger partial charge in [-0.1, -0.05) is 96.3 Å². The number of carbonyl (C=O) groups excluding carboxylic acids is 2. The number of sulfonamides is 2. The highest BCUT2D eigenvalue weighted by atomic mass is 79.9. The number of amides is 2. The monoisotopic (exact) mass is 1160 g/mol. The number of fused-ring (bicyclic) bond motifs is 4. The zero-order valence-corrected chi connectivity index (χ0v) is 43.7. The summed E-state index contributed by atoms with van der Waals surface area (Å²) in [6.45, 7) is 0. The number of aliphatic imine (C=N–C) groups is 1. The minimum Gasteiger partial charge on any atom is -0.307 e. The highest BCUT2D eigenvalue weighted by Gasteiger charge is 2.27. The summed E-state index contributed by atoms with van der Waals surface area (Å²) < 4.78 is 72.1. The lowest BCUT2D eigenvalue weighted by atomic mass is 9.99. The molecule has 350 valence electrons. The number of nitrogens with two attached hydrogens (primary N) is 1. The third kappa shape index (κ3) is 15.4. The van der Waals surface area contributed by atoms with Gasteiger partial charge in [-0.3, -0.25) is 0 Å². The van der Waals surface area contributed by atoms with Gasteiger partial charge in [0.1, 0.15) is 0 Å². The first-order chi connectivity index (χ1) is 31.3. The quantitative estimate of drug-likeness (QED) is 0.0735. The Bertz CT molecular complexity index is 2880. The molecule has 2 amide bonds. The summed E-state index contributed by atoms with van der Waals surface area (Å²) in [6, 6.07) is 25.0. The number of benzene rings is 5. The second kappa shape index (κ2) is 23.1. The van der Waals surface area contributed by atoms with Crippen LogP contribution in [0.15, 0.2) is 103 Å². The molecule has 4 aliphatic rings. The molecule has 0 aliphatic heterocycles. The zero-order chi connectivity index (χ0) is 47.6. The second-order valence-electron chi connectivity index (χ2n) is 16.3. The highest BCUT2D eigenvalue weighted by Crippen LogP contribution is 2.40. The Hall–Kier alpha value is -3.71. The number of nitrogens with one attached hydrogen (secondary N) is 2. The van der Waals surface area contributed by atoms with Crippen molar-refractivity contribution in [1.29, 1.82) is 0 Å². The third-order valence-electron chi connectivity index (χ3n) is 11.3. The van der Waals surface area contributed by atoms with E-state index in [-0.39, 0.29) is 17.3 Å². The highest BCUT2D eigenvalue weighted by molar-refractivity contribution is 9.11. The molecule has 0 saturated heterocycles. The number of hydrogen-bond acceptors (Lipinski definition) is 9. The van der Waals surface area contributed by atoms with Crippen molar-refractivity contribution in [3.63, 3.8) is 0 Å². The molecule has 19 heteroatoms. The molecule has 0 aromatic heterocycles. The van der Waals surface area contributed by atoms with Crippen LogP contribution in [0.3, 0.4) is 0 Å². The number of hydrogen-bond donors (Lipinski definition) is 3. The maximum Gasteiger partial charge on any atom is 0.332 e. The van der Waals surface area contributed by atoms with E-state index in [1.54, 1.807) is 60.7 Å². The largest absolute Gasteiger partial charge is 0.332 e. The molecule has 0 bridgehead atoms. The number of nitrogens with zero attached hydrogens (tertiary/aromatic N) is 1. The molecule has 66 heavy (non-hydrogen) atoms. The van der Waals surface area contributed by atoms with E-state index in [9.17, 15) is 34.8 Å². The Labute approximate surface area is 416 Å². The molecule has 0 spiro atoms. The Balaban J connectivity index is 0.000000157. The van der Waals surface area contributed by atoms with Gasteiger partial charge in [0.15, 0.2) is 0 Å². The number of aryl methyl sites for hydroxylation is 4. The average molecular weight is 1170 g/mol. The lowest BCUT2D eigenvalue weighted by Crippen LogP contribution is -2.35. The maximum atomic E-state index is 12.5. The minimum atomic E-state index is -3.78. The molecule has 4 aliphatic carbocycles. The van der Waals surface area contributed by atoms with Crippen molar-refractivity contribution in [3.05, 3.63) is 160 Å². The summed E-state index contributed by atoms with van der Waals surface area (Å²) in [5.41, 5.74) is 14.2. The van der Waals surface area contributed by atoms with E-state index in [1.807, 2.05) is 18.2 Å². The van der Waals surface area contributed by atoms with E-state index in [0.29, 0.717) is 16.7 Å². The second-order valence-corrected chi connectivity index (χ2v) is 25.2. The number of carbonyl (C=O) groups is 1. The fourth-order valence-corrected chi connectivity index (χ4v) is 12.7. The summed E-state index contributed by atoms with van der Waals surface area (Å²) in [5.74, 6) is -0.495. The van der Waals surface area contributed by atoms with E-state index in [0.717, 1.165) is 89.0 Å². The number of primary sulfonamides is 1. The topological polar surface area (TPSA) is 199 Å². The van der Waals surface area contributed by atoms with E-state index < -0.39 is 35.1 Å². The molecular formula is C47H48Br3ClN4O8S3. The van der Waals surface area contributed by atoms with Crippen LogP contribution < -0.4 is 15.2 Å². The van der Waals surface area contributed by atoms with E-state index in [4.69, 9.17) is 15.8 Å². The number of isocyanates is 1. The standard InChI is InChI=1S/C20H21BrN2O3S.C13H13NO.C7H6BrClO2S.C7H8BrNO2S/c21-16-7-1-4-13(10-16)12-27(25,26)23-20(24)22-19-17-8-2-5-14(17)11-15-6-3-9-18(15)19;15-8-14-13-11-5-1-3-9(11)7-10-4-2-6-12(10)13;2*8-7-3-1-2-6(4-7)5-12(9,10)11/h1,4,7,10-11H,2-3,5-6,8-9,12H2,(H2,22,23,24);7H,1-6H2;1-4H,5H2;1-4H,5H2,(H2,9,10,11). The fourth-order valence-electron chi connectivity index (χ4n) is 8.78. The molecular weight excluding hydrogens is 1120 g/mol. The van der Waals surface area contributed by atoms with Gasteiger partial charge in [0.2, 0.25) is 35.2 Å².